The van der Waals surface area contributed by atoms with E-state index < -0.39 is 6.09 Å². The Morgan fingerprint density at radius 3 is 2.31 bits per heavy atom. The summed E-state index contributed by atoms with van der Waals surface area (Å²) in [7, 11) is 1.16. The van der Waals surface area contributed by atoms with E-state index in [1.165, 1.54) is 0 Å². The molecule has 3 N–H and O–H groups in total. The second-order valence-electron chi connectivity index (χ2n) is 1.63. The van der Waals surface area contributed by atoms with E-state index in [9.17, 15) is 4.79 Å². The van der Waals surface area contributed by atoms with Gasteiger partial charge in [-0.2, -0.15) is 5.10 Å². The molecule has 0 aromatic carbocycles. The minimum Gasteiger partial charge on any atom is -0.452 e. The summed E-state index contributed by atoms with van der Waals surface area (Å²) >= 11 is 0. The molecule has 0 atom stereocenters. The van der Waals surface area contributed by atoms with Crippen molar-refractivity contribution in [3.05, 3.63) is 0 Å². The van der Waals surface area contributed by atoms with Crippen LogP contribution in [-0.2, 0) is 4.74 Å². The minimum absolute atomic E-state index is 0.0598. The van der Waals surface area contributed by atoms with Gasteiger partial charge in [-0.05, 0) is 0 Å². The molecule has 0 radical (unpaired) electrons. The maximum Gasteiger partial charge on any atom is 0.427 e. The van der Waals surface area contributed by atoms with Crippen molar-refractivity contribution < 1.29 is 19.9 Å². The minimum atomic E-state index is -0.796. The second-order valence-corrected chi connectivity index (χ2v) is 1.63. The predicted octanol–water partition coefficient (Wildman–Crippen LogP) is -0.382. The van der Waals surface area contributed by atoms with Crippen LogP contribution in [0.4, 0.5) is 4.79 Å². The summed E-state index contributed by atoms with van der Waals surface area (Å²) in [6.45, 7) is 0. The molecule has 0 aliphatic heterocycles. The first-order valence-corrected chi connectivity index (χ1v) is 3.01. The van der Waals surface area contributed by atoms with Gasteiger partial charge in [0.2, 0.25) is 0 Å². The zero-order chi connectivity index (χ0) is 10.1. The van der Waals surface area contributed by atoms with Crippen LogP contribution in [0, 0.1) is 0 Å². The van der Waals surface area contributed by atoms with Crippen LogP contribution < -0.4 is 5.43 Å². The zero-order valence-electron chi connectivity index (χ0n) is 6.71. The van der Waals surface area contributed by atoms with Gasteiger partial charge in [0.15, 0.2) is 0 Å². The van der Waals surface area contributed by atoms with Gasteiger partial charge in [-0.25, -0.2) is 10.2 Å². The van der Waals surface area contributed by atoms with Gasteiger partial charge in [0, 0.05) is 0 Å². The SMILES string of the molecule is COC(=O)NN=C(C=NO)/C=N/O. The molecule has 0 spiro atoms. The quantitative estimate of drug-likeness (QED) is 0.318. The molecule has 0 unspecified atom stereocenters. The summed E-state index contributed by atoms with van der Waals surface area (Å²) in [5, 5.41) is 24.7. The summed E-state index contributed by atoms with van der Waals surface area (Å²) < 4.78 is 4.19. The Morgan fingerprint density at radius 1 is 1.38 bits per heavy atom. The highest BCUT2D eigenvalue weighted by Gasteiger charge is 1.96. The van der Waals surface area contributed by atoms with Gasteiger partial charge in [-0.15, -0.1) is 0 Å². The molecule has 0 rings (SSSR count). The number of hydrazone groups is 1. The average molecular weight is 188 g/mol. The first kappa shape index (κ1) is 10.9. The Kier molecular flexibility index (Phi) is 5.51. The molecule has 8 nitrogen and oxygen atoms in total. The Balaban J connectivity index is 4.27. The van der Waals surface area contributed by atoms with Crippen LogP contribution in [-0.4, -0.2) is 41.8 Å². The third-order valence-corrected chi connectivity index (χ3v) is 0.842. The maximum absolute atomic E-state index is 10.5. The smallest absolute Gasteiger partial charge is 0.427 e. The van der Waals surface area contributed by atoms with Crippen LogP contribution in [0.2, 0.25) is 0 Å². The summed E-state index contributed by atoms with van der Waals surface area (Å²) in [6.07, 6.45) is 0.917. The number of hydrogen-bond acceptors (Lipinski definition) is 7. The van der Waals surface area contributed by atoms with Gasteiger partial charge in [-0.3, -0.25) is 0 Å². The summed E-state index contributed by atoms with van der Waals surface area (Å²) in [5.41, 5.74) is 1.86. The molecule has 0 aromatic heterocycles. The molecule has 13 heavy (non-hydrogen) atoms. The van der Waals surface area contributed by atoms with Gasteiger partial charge < -0.3 is 15.2 Å². The van der Waals surface area contributed by atoms with Crippen molar-refractivity contribution >= 4 is 24.2 Å². The van der Waals surface area contributed by atoms with Crippen molar-refractivity contribution in [1.29, 1.82) is 0 Å². The largest absolute Gasteiger partial charge is 0.452 e. The molecule has 0 aliphatic carbocycles. The lowest BCUT2D eigenvalue weighted by Gasteiger charge is -1.95. The van der Waals surface area contributed by atoms with Gasteiger partial charge >= 0.3 is 6.09 Å². The molecule has 0 aliphatic rings. The molecule has 0 fully saturated rings. The number of amides is 1. The fourth-order valence-corrected chi connectivity index (χ4v) is 0.365. The van der Waals surface area contributed by atoms with Crippen molar-refractivity contribution in [2.75, 3.05) is 7.11 Å². The maximum atomic E-state index is 10.5. The van der Waals surface area contributed by atoms with Crippen molar-refractivity contribution in [3.63, 3.8) is 0 Å². The van der Waals surface area contributed by atoms with E-state index in [4.69, 9.17) is 10.4 Å². The van der Waals surface area contributed by atoms with Crippen LogP contribution >= 0.6 is 0 Å². The molecular weight excluding hydrogens is 180 g/mol. The fourth-order valence-electron chi connectivity index (χ4n) is 0.365. The normalized spacial score (nSPS) is 12.2. The molecule has 72 valence electrons. The van der Waals surface area contributed by atoms with E-state index in [0.29, 0.717) is 0 Å². The van der Waals surface area contributed by atoms with Gasteiger partial charge in [0.25, 0.3) is 0 Å². The van der Waals surface area contributed by atoms with Gasteiger partial charge in [0.05, 0.1) is 19.5 Å². The van der Waals surface area contributed by atoms with Crippen molar-refractivity contribution in [1.82, 2.24) is 5.43 Å². The number of nitrogens with zero attached hydrogens (tertiary/aromatic N) is 3. The molecule has 0 heterocycles. The highest BCUT2D eigenvalue weighted by Crippen LogP contribution is 1.73. The van der Waals surface area contributed by atoms with Gasteiger partial charge in [0.1, 0.15) is 5.71 Å². The molecule has 8 heteroatoms. The Hall–Kier alpha value is -2.12. The first-order valence-electron chi connectivity index (χ1n) is 3.01. The van der Waals surface area contributed by atoms with Crippen molar-refractivity contribution in [2.45, 2.75) is 0 Å². The van der Waals surface area contributed by atoms with Crippen LogP contribution in [0.5, 0.6) is 0 Å². The van der Waals surface area contributed by atoms with Crippen LogP contribution in [0.15, 0.2) is 15.4 Å². The molecule has 0 saturated carbocycles. The van der Waals surface area contributed by atoms with E-state index in [1.54, 1.807) is 0 Å². The van der Waals surface area contributed by atoms with E-state index in [1.807, 2.05) is 5.43 Å². The van der Waals surface area contributed by atoms with Crippen LogP contribution in [0.3, 0.4) is 0 Å². The summed E-state index contributed by atoms with van der Waals surface area (Å²) in [4.78, 5) is 10.5. The van der Waals surface area contributed by atoms with Crippen LogP contribution in [0.25, 0.3) is 0 Å². The van der Waals surface area contributed by atoms with E-state index in [0.717, 1.165) is 19.5 Å². The standard InChI is InChI=1S/C5H8N4O4/c1-13-5(10)9-8-4(2-6-11)3-7-12/h2-3,11-12H,1H3,(H,9,10)/b6-2+,7-3?,8-4?. The molecular formula is C5H8N4O4. The number of ether oxygens (including phenoxy) is 1. The third kappa shape index (κ3) is 5.18. The number of oxime groups is 2. The Labute approximate surface area is 73.2 Å². The lowest BCUT2D eigenvalue weighted by molar-refractivity contribution is 0.171. The first-order chi connectivity index (χ1) is 6.24. The van der Waals surface area contributed by atoms with E-state index in [2.05, 4.69) is 20.1 Å². The number of nitrogens with one attached hydrogen (secondary N) is 1. The summed E-state index contributed by atoms with van der Waals surface area (Å²) in [6, 6.07) is 0. The molecule has 0 aromatic rings. The lowest BCUT2D eigenvalue weighted by Crippen LogP contribution is -2.20. The van der Waals surface area contributed by atoms with Crippen molar-refractivity contribution in [3.8, 4) is 0 Å². The zero-order valence-corrected chi connectivity index (χ0v) is 6.71. The topological polar surface area (TPSA) is 116 Å². The predicted molar refractivity (Wildman–Crippen MR) is 43.5 cm³/mol. The number of methoxy groups -OCH3 is 1. The Morgan fingerprint density at radius 2 is 1.92 bits per heavy atom. The second kappa shape index (κ2) is 6.58. The highest BCUT2D eigenvalue weighted by atomic mass is 16.5. The van der Waals surface area contributed by atoms with Crippen molar-refractivity contribution in [2.24, 2.45) is 15.4 Å². The average Bonchev–Trinajstić information content (AvgIpc) is 2.14. The summed E-state index contributed by atoms with van der Waals surface area (Å²) in [5.74, 6) is 0. The fraction of sp³-hybridized carbons (Fsp3) is 0.200. The monoisotopic (exact) mass is 188 g/mol. The van der Waals surface area contributed by atoms with Crippen LogP contribution in [0.1, 0.15) is 0 Å². The number of carbonyl (C=O) groups excluding carboxylic acids is 1. The highest BCUT2D eigenvalue weighted by molar-refractivity contribution is 6.55. The van der Waals surface area contributed by atoms with E-state index in [-0.39, 0.29) is 5.71 Å². The Bertz CT molecular complexity index is 233. The lowest BCUT2D eigenvalue weighted by atomic mass is 10.4. The number of rotatable bonds is 3. The van der Waals surface area contributed by atoms with E-state index >= 15 is 0 Å². The molecule has 0 bridgehead atoms. The molecule has 0 saturated heterocycles. The number of carbonyl (C=O) groups is 1. The number of hydrogen-bond donors (Lipinski definition) is 3. The third-order valence-electron chi connectivity index (χ3n) is 0.842. The van der Waals surface area contributed by atoms with Gasteiger partial charge in [-0.1, -0.05) is 10.3 Å². The molecule has 1 amide bonds.